The van der Waals surface area contributed by atoms with Crippen molar-refractivity contribution in [3.63, 3.8) is 0 Å². The second-order valence-electron chi connectivity index (χ2n) is 7.50. The van der Waals surface area contributed by atoms with Crippen LogP contribution >= 0.6 is 0 Å². The number of hydrogen-bond acceptors (Lipinski definition) is 3. The maximum atomic E-state index is 12.9. The number of anilines is 1. The van der Waals surface area contributed by atoms with E-state index < -0.39 is 0 Å². The minimum atomic E-state index is -0.0940. The van der Waals surface area contributed by atoms with E-state index in [1.165, 1.54) is 5.56 Å². The molecule has 3 aromatic carbocycles. The number of fused-ring (bicyclic) bond motifs is 1. The normalized spacial score (nSPS) is 10.9. The van der Waals surface area contributed by atoms with Crippen LogP contribution in [0.2, 0.25) is 0 Å². The molecular weight excluding hydrogens is 374 g/mol. The van der Waals surface area contributed by atoms with Crippen molar-refractivity contribution < 1.29 is 9.53 Å². The predicted molar refractivity (Wildman–Crippen MR) is 120 cm³/mol. The summed E-state index contributed by atoms with van der Waals surface area (Å²) in [4.78, 5) is 17.5. The van der Waals surface area contributed by atoms with Crippen LogP contribution in [-0.2, 0) is 17.9 Å². The van der Waals surface area contributed by atoms with Crippen molar-refractivity contribution in [2.75, 3.05) is 5.32 Å². The highest BCUT2D eigenvalue weighted by Gasteiger charge is 2.15. The van der Waals surface area contributed by atoms with Crippen LogP contribution in [0.5, 0.6) is 5.75 Å². The Morgan fingerprint density at radius 3 is 2.53 bits per heavy atom. The van der Waals surface area contributed by atoms with Crippen molar-refractivity contribution in [1.82, 2.24) is 9.55 Å². The molecule has 0 aliphatic rings. The van der Waals surface area contributed by atoms with Crippen molar-refractivity contribution in [3.05, 3.63) is 89.2 Å². The zero-order chi connectivity index (χ0) is 21.1. The number of rotatable bonds is 6. The molecule has 0 bridgehead atoms. The summed E-state index contributed by atoms with van der Waals surface area (Å²) in [6, 6.07) is 21.6. The average molecular weight is 399 g/mol. The van der Waals surface area contributed by atoms with Gasteiger partial charge < -0.3 is 14.6 Å². The molecule has 0 aliphatic carbocycles. The Morgan fingerprint density at radius 2 is 1.73 bits per heavy atom. The van der Waals surface area contributed by atoms with E-state index in [4.69, 9.17) is 9.72 Å². The summed E-state index contributed by atoms with van der Waals surface area (Å²) in [5.41, 5.74) is 5.99. The number of hydrogen-bond donors (Lipinski definition) is 1. The molecule has 0 radical (unpaired) electrons. The van der Waals surface area contributed by atoms with Crippen LogP contribution in [-0.4, -0.2) is 15.5 Å². The molecule has 30 heavy (non-hydrogen) atoms. The van der Waals surface area contributed by atoms with Crippen LogP contribution in [0.1, 0.15) is 22.5 Å². The van der Waals surface area contributed by atoms with E-state index in [0.717, 1.165) is 33.6 Å². The molecule has 0 fully saturated rings. The van der Waals surface area contributed by atoms with Crippen LogP contribution < -0.4 is 10.1 Å². The molecule has 0 saturated carbocycles. The number of carbonyl (C=O) groups excluding carboxylic acids is 1. The molecule has 0 saturated heterocycles. The van der Waals surface area contributed by atoms with E-state index in [2.05, 4.69) is 5.32 Å². The van der Waals surface area contributed by atoms with E-state index in [9.17, 15) is 4.79 Å². The van der Waals surface area contributed by atoms with Crippen molar-refractivity contribution in [1.29, 1.82) is 0 Å². The first-order valence-electron chi connectivity index (χ1n) is 10.0. The van der Waals surface area contributed by atoms with Crippen LogP contribution in [0.25, 0.3) is 11.0 Å². The molecule has 0 atom stereocenters. The highest BCUT2D eigenvalue weighted by molar-refractivity contribution is 5.92. The molecule has 4 rings (SSSR count). The van der Waals surface area contributed by atoms with Crippen molar-refractivity contribution in [3.8, 4) is 5.75 Å². The quantitative estimate of drug-likeness (QED) is 0.486. The Bertz CT molecular complexity index is 1190. The maximum Gasteiger partial charge on any atom is 0.244 e. The molecule has 1 heterocycles. The van der Waals surface area contributed by atoms with Crippen LogP contribution in [0.15, 0.2) is 66.7 Å². The zero-order valence-corrected chi connectivity index (χ0v) is 17.5. The first-order valence-corrected chi connectivity index (χ1v) is 10.0. The number of aromatic nitrogens is 2. The lowest BCUT2D eigenvalue weighted by molar-refractivity contribution is -0.116. The standard InChI is InChI=1S/C25H25N3O2/c1-17-11-13-20(14-12-17)30-16-24-26-22-8-4-5-10-23(22)28(24)15-25(29)27-21-9-6-7-18(2)19(21)3/h4-14H,15-16H2,1-3H3,(H,27,29). The number of para-hydroxylation sites is 2. The zero-order valence-electron chi connectivity index (χ0n) is 17.5. The molecule has 1 N–H and O–H groups in total. The molecule has 1 aromatic heterocycles. The molecule has 1 amide bonds. The van der Waals surface area contributed by atoms with Crippen molar-refractivity contribution >= 4 is 22.6 Å². The fourth-order valence-corrected chi connectivity index (χ4v) is 3.41. The summed E-state index contributed by atoms with van der Waals surface area (Å²) in [5, 5.41) is 3.03. The van der Waals surface area contributed by atoms with E-state index in [-0.39, 0.29) is 19.1 Å². The van der Waals surface area contributed by atoms with Gasteiger partial charge in [-0.1, -0.05) is 42.0 Å². The topological polar surface area (TPSA) is 56.2 Å². The SMILES string of the molecule is Cc1ccc(OCc2nc3ccccc3n2CC(=O)Nc2cccc(C)c2C)cc1. The summed E-state index contributed by atoms with van der Waals surface area (Å²) in [6.45, 7) is 6.54. The van der Waals surface area contributed by atoms with Gasteiger partial charge in [0.25, 0.3) is 0 Å². The van der Waals surface area contributed by atoms with Crippen LogP contribution in [0.4, 0.5) is 5.69 Å². The Hall–Kier alpha value is -3.60. The Kier molecular flexibility index (Phi) is 5.53. The first-order chi connectivity index (χ1) is 14.5. The fourth-order valence-electron chi connectivity index (χ4n) is 3.41. The van der Waals surface area contributed by atoms with Gasteiger partial charge in [0.15, 0.2) is 0 Å². The Labute approximate surface area is 176 Å². The summed E-state index contributed by atoms with van der Waals surface area (Å²) in [5.74, 6) is 1.40. The Balaban J connectivity index is 1.57. The number of ether oxygens (including phenoxy) is 1. The number of benzene rings is 3. The molecule has 4 aromatic rings. The third-order valence-corrected chi connectivity index (χ3v) is 5.30. The molecule has 152 valence electrons. The monoisotopic (exact) mass is 399 g/mol. The molecule has 0 unspecified atom stereocenters. The molecule has 5 heteroatoms. The van der Waals surface area contributed by atoms with Gasteiger partial charge in [-0.3, -0.25) is 4.79 Å². The lowest BCUT2D eigenvalue weighted by Crippen LogP contribution is -2.21. The average Bonchev–Trinajstić information content (AvgIpc) is 3.08. The smallest absolute Gasteiger partial charge is 0.244 e. The summed E-state index contributed by atoms with van der Waals surface area (Å²) in [7, 11) is 0. The lowest BCUT2D eigenvalue weighted by atomic mass is 10.1. The second kappa shape index (κ2) is 8.41. The highest BCUT2D eigenvalue weighted by atomic mass is 16.5. The number of amides is 1. The van der Waals surface area contributed by atoms with E-state index >= 15 is 0 Å². The second-order valence-corrected chi connectivity index (χ2v) is 7.50. The van der Waals surface area contributed by atoms with Crippen LogP contribution in [0.3, 0.4) is 0 Å². The van der Waals surface area contributed by atoms with Gasteiger partial charge in [0, 0.05) is 5.69 Å². The largest absolute Gasteiger partial charge is 0.486 e. The van der Waals surface area contributed by atoms with Gasteiger partial charge in [0.05, 0.1) is 11.0 Å². The van der Waals surface area contributed by atoms with Crippen molar-refractivity contribution in [2.24, 2.45) is 0 Å². The Morgan fingerprint density at radius 1 is 0.967 bits per heavy atom. The summed E-state index contributed by atoms with van der Waals surface area (Å²) in [6.07, 6.45) is 0. The van der Waals surface area contributed by atoms with Gasteiger partial charge in [-0.15, -0.1) is 0 Å². The van der Waals surface area contributed by atoms with Gasteiger partial charge in [0.1, 0.15) is 24.7 Å². The summed E-state index contributed by atoms with van der Waals surface area (Å²) < 4.78 is 7.86. The third-order valence-electron chi connectivity index (χ3n) is 5.30. The van der Waals surface area contributed by atoms with Gasteiger partial charge in [0.2, 0.25) is 5.91 Å². The van der Waals surface area contributed by atoms with E-state index in [1.54, 1.807) is 0 Å². The molecule has 0 aliphatic heterocycles. The highest BCUT2D eigenvalue weighted by Crippen LogP contribution is 2.21. The van der Waals surface area contributed by atoms with Crippen molar-refractivity contribution in [2.45, 2.75) is 33.9 Å². The third kappa shape index (κ3) is 4.20. The van der Waals surface area contributed by atoms with Gasteiger partial charge in [-0.05, 0) is 62.2 Å². The minimum Gasteiger partial charge on any atom is -0.486 e. The molecule has 5 nitrogen and oxygen atoms in total. The maximum absolute atomic E-state index is 12.9. The van der Waals surface area contributed by atoms with Gasteiger partial charge in [-0.25, -0.2) is 4.98 Å². The number of carbonyl (C=O) groups is 1. The number of imidazole rings is 1. The number of aryl methyl sites for hydroxylation is 2. The molecule has 0 spiro atoms. The number of nitrogens with one attached hydrogen (secondary N) is 1. The summed E-state index contributed by atoms with van der Waals surface area (Å²) >= 11 is 0. The predicted octanol–water partition coefficient (Wildman–Crippen LogP) is 5.18. The van der Waals surface area contributed by atoms with Gasteiger partial charge in [-0.2, -0.15) is 0 Å². The first kappa shape index (κ1) is 19.7. The molecular formula is C25H25N3O2. The number of nitrogens with zero attached hydrogens (tertiary/aromatic N) is 2. The lowest BCUT2D eigenvalue weighted by Gasteiger charge is -2.13. The minimum absolute atomic E-state index is 0.0940. The van der Waals surface area contributed by atoms with Crippen LogP contribution in [0, 0.1) is 20.8 Å². The fraction of sp³-hybridized carbons (Fsp3) is 0.200. The van der Waals surface area contributed by atoms with E-state index in [1.807, 2.05) is 92.1 Å². The van der Waals surface area contributed by atoms with E-state index in [0.29, 0.717) is 5.82 Å². The van der Waals surface area contributed by atoms with Gasteiger partial charge >= 0.3 is 0 Å².